The maximum absolute atomic E-state index is 5.40. The molecule has 4 rings (SSSR count). The third kappa shape index (κ3) is 3.92. The van der Waals surface area contributed by atoms with E-state index in [-0.39, 0.29) is 12.4 Å². The summed E-state index contributed by atoms with van der Waals surface area (Å²) < 4.78 is 5.40. The van der Waals surface area contributed by atoms with Crippen LogP contribution >= 0.6 is 23.7 Å². The molecule has 4 heterocycles. The van der Waals surface area contributed by atoms with Gasteiger partial charge in [0.1, 0.15) is 0 Å². The van der Waals surface area contributed by atoms with E-state index in [0.717, 1.165) is 63.3 Å². The molecule has 2 aliphatic rings. The summed E-state index contributed by atoms with van der Waals surface area (Å²) >= 11 is 1.65. The van der Waals surface area contributed by atoms with Gasteiger partial charge in [-0.15, -0.1) is 12.4 Å². The van der Waals surface area contributed by atoms with Crippen molar-refractivity contribution in [1.82, 2.24) is 25.3 Å². The van der Waals surface area contributed by atoms with Gasteiger partial charge in [-0.05, 0) is 24.4 Å². The van der Waals surface area contributed by atoms with Crippen molar-refractivity contribution < 1.29 is 4.52 Å². The van der Waals surface area contributed by atoms with Crippen LogP contribution < -0.4 is 5.32 Å². The highest BCUT2D eigenvalue weighted by Gasteiger charge is 2.26. The summed E-state index contributed by atoms with van der Waals surface area (Å²) in [7, 11) is 0. The minimum Gasteiger partial charge on any atom is -0.338 e. The van der Waals surface area contributed by atoms with Gasteiger partial charge in [-0.2, -0.15) is 16.3 Å². The van der Waals surface area contributed by atoms with Crippen LogP contribution in [0.15, 0.2) is 21.3 Å². The summed E-state index contributed by atoms with van der Waals surface area (Å²) in [5, 5.41) is 11.6. The number of rotatable bonds is 4. The summed E-state index contributed by atoms with van der Waals surface area (Å²) in [4.78, 5) is 9.53. The van der Waals surface area contributed by atoms with E-state index in [2.05, 4.69) is 25.3 Å². The van der Waals surface area contributed by atoms with Gasteiger partial charge in [-0.25, -0.2) is 0 Å². The van der Waals surface area contributed by atoms with E-state index in [4.69, 9.17) is 4.52 Å². The lowest BCUT2D eigenvalue weighted by molar-refractivity contribution is 0.0908. The Labute approximate surface area is 146 Å². The van der Waals surface area contributed by atoms with Crippen molar-refractivity contribution in [2.75, 3.05) is 39.3 Å². The molecule has 8 heteroatoms. The number of nitrogens with zero attached hydrogens (tertiary/aromatic N) is 4. The van der Waals surface area contributed by atoms with E-state index < -0.39 is 0 Å². The lowest BCUT2D eigenvalue weighted by Gasteiger charge is -2.37. The second-order valence-electron chi connectivity index (χ2n) is 5.98. The van der Waals surface area contributed by atoms with Gasteiger partial charge in [-0.1, -0.05) is 5.16 Å². The molecule has 2 aliphatic heterocycles. The van der Waals surface area contributed by atoms with Crippen LogP contribution in [0.2, 0.25) is 0 Å². The van der Waals surface area contributed by atoms with Crippen molar-refractivity contribution in [2.24, 2.45) is 0 Å². The molecule has 2 saturated heterocycles. The molecular weight excluding hydrogens is 334 g/mol. The molecule has 2 fully saturated rings. The van der Waals surface area contributed by atoms with Crippen molar-refractivity contribution >= 4 is 23.7 Å². The molecule has 1 N–H and O–H groups in total. The minimum absolute atomic E-state index is 0. The maximum atomic E-state index is 5.40. The molecule has 0 aromatic carbocycles. The zero-order chi connectivity index (χ0) is 14.8. The van der Waals surface area contributed by atoms with Crippen molar-refractivity contribution in [3.05, 3.63) is 22.7 Å². The van der Waals surface area contributed by atoms with Gasteiger partial charge in [0.25, 0.3) is 0 Å². The van der Waals surface area contributed by atoms with E-state index in [9.17, 15) is 0 Å². The molecule has 126 valence electrons. The Morgan fingerprint density at radius 1 is 1.30 bits per heavy atom. The van der Waals surface area contributed by atoms with Gasteiger partial charge < -0.3 is 9.84 Å². The second kappa shape index (κ2) is 7.72. The predicted octanol–water partition coefficient (Wildman–Crippen LogP) is 1.70. The lowest BCUT2D eigenvalue weighted by atomic mass is 10.2. The number of hydrogen-bond donors (Lipinski definition) is 1. The van der Waals surface area contributed by atoms with E-state index in [1.54, 1.807) is 11.3 Å². The molecule has 0 radical (unpaired) electrons. The Balaban J connectivity index is 0.00000156. The van der Waals surface area contributed by atoms with Gasteiger partial charge in [0.2, 0.25) is 11.7 Å². The summed E-state index contributed by atoms with van der Waals surface area (Å²) in [6.07, 6.45) is 1.29. The van der Waals surface area contributed by atoms with Crippen LogP contribution in [0, 0.1) is 0 Å². The first-order chi connectivity index (χ1) is 10.9. The van der Waals surface area contributed by atoms with Crippen molar-refractivity contribution in [1.29, 1.82) is 0 Å². The smallest absolute Gasteiger partial charge is 0.241 e. The van der Waals surface area contributed by atoms with Gasteiger partial charge in [-0.3, -0.25) is 9.80 Å². The number of thiophene rings is 1. The van der Waals surface area contributed by atoms with Crippen LogP contribution in [-0.2, 0) is 6.54 Å². The molecule has 1 unspecified atom stereocenters. The number of piperazine rings is 1. The Kier molecular flexibility index (Phi) is 5.66. The largest absolute Gasteiger partial charge is 0.338 e. The fourth-order valence-electron chi connectivity index (χ4n) is 3.26. The summed E-state index contributed by atoms with van der Waals surface area (Å²) in [5.74, 6) is 1.42. The fraction of sp³-hybridized carbons (Fsp3) is 0.600. The highest BCUT2D eigenvalue weighted by atomic mass is 35.5. The summed E-state index contributed by atoms with van der Waals surface area (Å²) in [6, 6.07) is 2.75. The number of nitrogens with one attached hydrogen (secondary N) is 1. The quantitative estimate of drug-likeness (QED) is 0.900. The first kappa shape index (κ1) is 16.9. The summed E-state index contributed by atoms with van der Waals surface area (Å²) in [5.41, 5.74) is 1.04. The third-order valence-corrected chi connectivity index (χ3v) is 5.25. The third-order valence-electron chi connectivity index (χ3n) is 4.56. The average Bonchev–Trinajstić information content (AvgIpc) is 3.30. The molecule has 23 heavy (non-hydrogen) atoms. The lowest BCUT2D eigenvalue weighted by Crippen LogP contribution is -2.50. The van der Waals surface area contributed by atoms with Gasteiger partial charge in [0.15, 0.2) is 0 Å². The standard InChI is InChI=1S/C15H21N5OS.ClH/c1-3-16-9-13(1)20-6-4-19(5-7-20)10-14-17-15(18-21-14)12-2-8-22-11-12;/h2,8,11,13,16H,1,3-7,9-10H2;1H. The van der Waals surface area contributed by atoms with Crippen LogP contribution in [-0.4, -0.2) is 65.3 Å². The van der Waals surface area contributed by atoms with Crippen molar-refractivity contribution in [3.63, 3.8) is 0 Å². The van der Waals surface area contributed by atoms with Crippen LogP contribution in [0.25, 0.3) is 11.4 Å². The van der Waals surface area contributed by atoms with Crippen LogP contribution in [0.1, 0.15) is 12.3 Å². The molecule has 2 aromatic rings. The molecule has 0 spiro atoms. The van der Waals surface area contributed by atoms with Crippen LogP contribution in [0.5, 0.6) is 0 Å². The van der Waals surface area contributed by atoms with Gasteiger partial charge >= 0.3 is 0 Å². The second-order valence-corrected chi connectivity index (χ2v) is 6.76. The van der Waals surface area contributed by atoms with Crippen LogP contribution in [0.4, 0.5) is 0 Å². The highest BCUT2D eigenvalue weighted by molar-refractivity contribution is 7.08. The topological polar surface area (TPSA) is 57.4 Å². The number of aromatic nitrogens is 2. The van der Waals surface area contributed by atoms with E-state index in [1.165, 1.54) is 6.42 Å². The Hall–Kier alpha value is -0.990. The van der Waals surface area contributed by atoms with E-state index in [0.29, 0.717) is 5.82 Å². The summed E-state index contributed by atoms with van der Waals surface area (Å²) in [6.45, 7) is 7.49. The predicted molar refractivity (Wildman–Crippen MR) is 93.0 cm³/mol. The van der Waals surface area contributed by atoms with Crippen molar-refractivity contribution in [2.45, 2.75) is 19.0 Å². The molecule has 6 nitrogen and oxygen atoms in total. The normalized spacial score (nSPS) is 23.0. The zero-order valence-corrected chi connectivity index (χ0v) is 14.6. The highest BCUT2D eigenvalue weighted by Crippen LogP contribution is 2.19. The SMILES string of the molecule is Cl.c1cc(-c2noc(CN3CCN(C4CCNC4)CC3)n2)cs1. The average molecular weight is 356 g/mol. The molecule has 0 amide bonds. The van der Waals surface area contributed by atoms with E-state index >= 15 is 0 Å². The fourth-order valence-corrected chi connectivity index (χ4v) is 3.89. The first-order valence-corrected chi connectivity index (χ1v) is 8.85. The molecule has 2 aromatic heterocycles. The first-order valence-electron chi connectivity index (χ1n) is 7.91. The molecule has 0 bridgehead atoms. The molecule has 1 atom stereocenters. The van der Waals surface area contributed by atoms with E-state index in [1.807, 2.05) is 16.8 Å². The molecule has 0 aliphatic carbocycles. The zero-order valence-electron chi connectivity index (χ0n) is 13.0. The molecule has 0 saturated carbocycles. The Bertz CT molecular complexity index is 591. The Morgan fingerprint density at radius 3 is 2.87 bits per heavy atom. The van der Waals surface area contributed by atoms with Gasteiger partial charge in [0, 0.05) is 49.7 Å². The monoisotopic (exact) mass is 355 g/mol. The number of hydrogen-bond acceptors (Lipinski definition) is 7. The maximum Gasteiger partial charge on any atom is 0.241 e. The van der Waals surface area contributed by atoms with Crippen molar-refractivity contribution in [3.8, 4) is 11.4 Å². The minimum atomic E-state index is 0. The number of halogens is 1. The molecular formula is C15H22ClN5OS. The van der Waals surface area contributed by atoms with Gasteiger partial charge in [0.05, 0.1) is 6.54 Å². The Morgan fingerprint density at radius 2 is 2.17 bits per heavy atom. The van der Waals surface area contributed by atoms with Crippen LogP contribution in [0.3, 0.4) is 0 Å².